The highest BCUT2D eigenvalue weighted by Gasteiger charge is 2.52. The summed E-state index contributed by atoms with van der Waals surface area (Å²) < 4.78 is 17.1. The van der Waals surface area contributed by atoms with Crippen LogP contribution < -0.4 is 0 Å². The van der Waals surface area contributed by atoms with Gasteiger partial charge in [-0.2, -0.15) is 0 Å². The second-order valence-corrected chi connectivity index (χ2v) is 7.13. The monoisotopic (exact) mass is 305 g/mol. The van der Waals surface area contributed by atoms with Gasteiger partial charge in [-0.05, 0) is 37.8 Å². The Hall–Kier alpha value is -1.33. The molecule has 22 heavy (non-hydrogen) atoms. The summed E-state index contributed by atoms with van der Waals surface area (Å²) in [6.45, 7) is 6.30. The number of nitrogens with zero attached hydrogens (tertiary/aromatic N) is 1. The Labute approximate surface area is 130 Å². The lowest BCUT2D eigenvalue weighted by molar-refractivity contribution is 0.0219. The first kappa shape index (κ1) is 14.3. The predicted octanol–water partition coefficient (Wildman–Crippen LogP) is 2.10. The van der Waals surface area contributed by atoms with Gasteiger partial charge in [-0.25, -0.2) is 0 Å². The van der Waals surface area contributed by atoms with Crippen LogP contribution in [0, 0.1) is 24.2 Å². The van der Waals surface area contributed by atoms with E-state index in [0.29, 0.717) is 31.4 Å². The SMILES string of the molecule is Cc1ccc(C(=O)N2C[C@@H]3COC[C@]3(COCC3CC3)C2)o1. The van der Waals surface area contributed by atoms with E-state index in [4.69, 9.17) is 13.9 Å². The van der Waals surface area contributed by atoms with Gasteiger partial charge < -0.3 is 18.8 Å². The van der Waals surface area contributed by atoms with E-state index in [1.54, 1.807) is 6.07 Å². The van der Waals surface area contributed by atoms with Crippen molar-refractivity contribution in [1.29, 1.82) is 0 Å². The van der Waals surface area contributed by atoms with Crippen molar-refractivity contribution in [3.63, 3.8) is 0 Å². The smallest absolute Gasteiger partial charge is 0.289 e. The predicted molar refractivity (Wildman–Crippen MR) is 79.6 cm³/mol. The first-order valence-corrected chi connectivity index (χ1v) is 8.17. The molecule has 0 N–H and O–H groups in total. The molecule has 1 aliphatic carbocycles. The van der Waals surface area contributed by atoms with Crippen molar-refractivity contribution in [3.8, 4) is 0 Å². The van der Waals surface area contributed by atoms with Gasteiger partial charge in [-0.15, -0.1) is 0 Å². The van der Waals surface area contributed by atoms with Crippen LogP contribution in [0.4, 0.5) is 0 Å². The molecule has 5 nitrogen and oxygen atoms in total. The summed E-state index contributed by atoms with van der Waals surface area (Å²) in [7, 11) is 0. The van der Waals surface area contributed by atoms with Crippen LogP contribution in [0.5, 0.6) is 0 Å². The average molecular weight is 305 g/mol. The Morgan fingerprint density at radius 3 is 3.05 bits per heavy atom. The number of hydrogen-bond acceptors (Lipinski definition) is 4. The fourth-order valence-corrected chi connectivity index (χ4v) is 3.61. The van der Waals surface area contributed by atoms with Crippen LogP contribution in [-0.4, -0.2) is 50.3 Å². The van der Waals surface area contributed by atoms with Gasteiger partial charge in [0.2, 0.25) is 0 Å². The molecule has 3 heterocycles. The molecule has 5 heteroatoms. The maximum atomic E-state index is 12.6. The topological polar surface area (TPSA) is 51.9 Å². The van der Waals surface area contributed by atoms with Gasteiger partial charge in [0.05, 0.1) is 19.8 Å². The van der Waals surface area contributed by atoms with E-state index in [1.165, 1.54) is 12.8 Å². The molecular formula is C17H23NO4. The highest BCUT2D eigenvalue weighted by Crippen LogP contribution is 2.42. The third-order valence-corrected chi connectivity index (χ3v) is 5.20. The summed E-state index contributed by atoms with van der Waals surface area (Å²) >= 11 is 0. The third-order valence-electron chi connectivity index (χ3n) is 5.20. The molecule has 3 fully saturated rings. The van der Waals surface area contributed by atoms with Crippen LogP contribution in [0.3, 0.4) is 0 Å². The zero-order chi connectivity index (χ0) is 15.2. The molecule has 3 aliphatic rings. The number of fused-ring (bicyclic) bond motifs is 1. The molecular weight excluding hydrogens is 282 g/mol. The highest BCUT2D eigenvalue weighted by atomic mass is 16.5. The van der Waals surface area contributed by atoms with E-state index >= 15 is 0 Å². The Bertz CT molecular complexity index is 565. The average Bonchev–Trinajstić information content (AvgIpc) is 2.92. The number of rotatable bonds is 5. The van der Waals surface area contributed by atoms with Crippen molar-refractivity contribution in [1.82, 2.24) is 4.90 Å². The number of amides is 1. The van der Waals surface area contributed by atoms with E-state index in [0.717, 1.165) is 31.4 Å². The number of hydrogen-bond donors (Lipinski definition) is 0. The van der Waals surface area contributed by atoms with Crippen LogP contribution in [0.15, 0.2) is 16.5 Å². The number of carbonyl (C=O) groups excluding carboxylic acids is 1. The molecule has 0 radical (unpaired) electrons. The molecule has 120 valence electrons. The molecule has 2 atom stereocenters. The molecule has 1 saturated carbocycles. The maximum absolute atomic E-state index is 12.6. The van der Waals surface area contributed by atoms with Gasteiger partial charge in [-0.3, -0.25) is 4.79 Å². The molecule has 1 aromatic heterocycles. The minimum absolute atomic E-state index is 0.0101. The lowest BCUT2D eigenvalue weighted by atomic mass is 9.82. The number of ether oxygens (including phenoxy) is 2. The van der Waals surface area contributed by atoms with Gasteiger partial charge in [0.15, 0.2) is 5.76 Å². The molecule has 2 aliphatic heterocycles. The summed E-state index contributed by atoms with van der Waals surface area (Å²) in [5, 5.41) is 0. The van der Waals surface area contributed by atoms with Crippen LogP contribution in [0.2, 0.25) is 0 Å². The molecule has 1 aromatic rings. The van der Waals surface area contributed by atoms with Gasteiger partial charge in [0, 0.05) is 31.0 Å². The summed E-state index contributed by atoms with van der Waals surface area (Å²) in [4.78, 5) is 14.5. The van der Waals surface area contributed by atoms with E-state index in [9.17, 15) is 4.79 Å². The number of carbonyl (C=O) groups is 1. The lowest BCUT2D eigenvalue weighted by Crippen LogP contribution is -2.37. The van der Waals surface area contributed by atoms with Gasteiger partial charge in [-0.1, -0.05) is 0 Å². The maximum Gasteiger partial charge on any atom is 0.289 e. The van der Waals surface area contributed by atoms with Crippen LogP contribution in [0.1, 0.15) is 29.2 Å². The van der Waals surface area contributed by atoms with E-state index in [-0.39, 0.29) is 11.3 Å². The molecule has 1 amide bonds. The highest BCUT2D eigenvalue weighted by molar-refractivity contribution is 5.91. The van der Waals surface area contributed by atoms with Gasteiger partial charge in [0.1, 0.15) is 5.76 Å². The molecule has 2 saturated heterocycles. The van der Waals surface area contributed by atoms with Crippen LogP contribution in [-0.2, 0) is 9.47 Å². The Kier molecular flexibility index (Phi) is 3.50. The number of likely N-dealkylation sites (tertiary alicyclic amines) is 1. The summed E-state index contributed by atoms with van der Waals surface area (Å²) in [5.41, 5.74) is -0.0216. The van der Waals surface area contributed by atoms with Crippen molar-refractivity contribution in [2.75, 3.05) is 39.5 Å². The van der Waals surface area contributed by atoms with Crippen molar-refractivity contribution < 1.29 is 18.7 Å². The lowest BCUT2D eigenvalue weighted by Gasteiger charge is -2.26. The summed E-state index contributed by atoms with van der Waals surface area (Å²) in [6, 6.07) is 3.60. The first-order valence-electron chi connectivity index (χ1n) is 8.17. The van der Waals surface area contributed by atoms with Gasteiger partial charge >= 0.3 is 0 Å². The largest absolute Gasteiger partial charge is 0.456 e. The van der Waals surface area contributed by atoms with Crippen molar-refractivity contribution in [2.45, 2.75) is 19.8 Å². The second-order valence-electron chi connectivity index (χ2n) is 7.13. The van der Waals surface area contributed by atoms with E-state index < -0.39 is 0 Å². The van der Waals surface area contributed by atoms with Gasteiger partial charge in [0.25, 0.3) is 5.91 Å². The molecule has 0 unspecified atom stereocenters. The Morgan fingerprint density at radius 1 is 1.45 bits per heavy atom. The van der Waals surface area contributed by atoms with Crippen molar-refractivity contribution in [2.24, 2.45) is 17.3 Å². The molecule has 0 spiro atoms. The van der Waals surface area contributed by atoms with Crippen molar-refractivity contribution in [3.05, 3.63) is 23.7 Å². The quantitative estimate of drug-likeness (QED) is 0.836. The summed E-state index contributed by atoms with van der Waals surface area (Å²) in [5.74, 6) is 2.35. The molecule has 0 aromatic carbocycles. The first-order chi connectivity index (χ1) is 10.7. The number of aryl methyl sites for hydroxylation is 1. The Balaban J connectivity index is 1.42. The minimum atomic E-state index is -0.0216. The minimum Gasteiger partial charge on any atom is -0.456 e. The van der Waals surface area contributed by atoms with E-state index in [2.05, 4.69) is 0 Å². The van der Waals surface area contributed by atoms with E-state index in [1.807, 2.05) is 17.9 Å². The fraction of sp³-hybridized carbons (Fsp3) is 0.706. The molecule has 0 bridgehead atoms. The third kappa shape index (κ3) is 2.57. The normalized spacial score (nSPS) is 30.8. The Morgan fingerprint density at radius 2 is 2.32 bits per heavy atom. The standard InChI is InChI=1S/C17H23NO4/c1-12-2-5-15(22-12)16(19)18-6-14-8-21-11-17(14,9-18)10-20-7-13-3-4-13/h2,5,13-14H,3-4,6-11H2,1H3/t14-,17-/m1/s1. The summed E-state index contributed by atoms with van der Waals surface area (Å²) in [6.07, 6.45) is 2.60. The zero-order valence-corrected chi connectivity index (χ0v) is 13.0. The second kappa shape index (κ2) is 5.39. The number of furan rings is 1. The van der Waals surface area contributed by atoms with Crippen LogP contribution >= 0.6 is 0 Å². The van der Waals surface area contributed by atoms with Crippen molar-refractivity contribution >= 4 is 5.91 Å². The fourth-order valence-electron chi connectivity index (χ4n) is 3.61. The molecule has 4 rings (SSSR count). The zero-order valence-electron chi connectivity index (χ0n) is 13.0. The van der Waals surface area contributed by atoms with Crippen LogP contribution in [0.25, 0.3) is 0 Å².